The molecule has 3 rings (SSSR count). The summed E-state index contributed by atoms with van der Waals surface area (Å²) in [5.41, 5.74) is 12.5. The molecule has 5 unspecified atom stereocenters. The molecule has 3 aliphatic rings. The molecule has 1 aliphatic carbocycles. The summed E-state index contributed by atoms with van der Waals surface area (Å²) in [4.78, 5) is 12.6. The van der Waals surface area contributed by atoms with Crippen LogP contribution in [0.1, 0.15) is 58.8 Å². The highest BCUT2D eigenvalue weighted by Crippen LogP contribution is 2.36. The number of hydrogen-bond acceptors (Lipinski definition) is 14. The number of aliphatic hydroxyl groups is 7. The molecule has 0 bridgehead atoms. The zero-order valence-electron chi connectivity index (χ0n) is 23.1. The maximum absolute atomic E-state index is 12.6. The lowest BCUT2D eigenvalue weighted by atomic mass is 9.76. The van der Waals surface area contributed by atoms with E-state index in [9.17, 15) is 40.5 Å². The van der Waals surface area contributed by atoms with E-state index in [1.54, 1.807) is 0 Å². The van der Waals surface area contributed by atoms with Crippen molar-refractivity contribution in [2.75, 3.05) is 6.61 Å². The van der Waals surface area contributed by atoms with Crippen LogP contribution in [0.15, 0.2) is 0 Å². The van der Waals surface area contributed by atoms with Gasteiger partial charge in [-0.3, -0.25) is 4.79 Å². The normalized spacial score (nSPS) is 45.0. The van der Waals surface area contributed by atoms with Crippen molar-refractivity contribution in [1.29, 1.82) is 0 Å². The Morgan fingerprint density at radius 1 is 0.875 bits per heavy atom. The lowest BCUT2D eigenvalue weighted by Crippen LogP contribution is -2.66. The zero-order chi connectivity index (χ0) is 29.7. The van der Waals surface area contributed by atoms with Crippen LogP contribution in [0.3, 0.4) is 0 Å². The molecule has 3 fully saturated rings. The molecule has 11 N–H and O–H groups in total. The summed E-state index contributed by atoms with van der Waals surface area (Å²) in [6.45, 7) is 3.17. The first kappa shape index (κ1) is 33.6. The molecule has 2 heterocycles. The topological polar surface area (TPSA) is 248 Å². The van der Waals surface area contributed by atoms with E-state index in [0.717, 1.165) is 12.8 Å². The first-order valence-electron chi connectivity index (χ1n) is 14.3. The lowest BCUT2D eigenvalue weighted by molar-refractivity contribution is -0.312. The van der Waals surface area contributed by atoms with Crippen LogP contribution in [0.2, 0.25) is 0 Å². The minimum atomic E-state index is -1.50. The van der Waals surface area contributed by atoms with Crippen LogP contribution in [0.25, 0.3) is 0 Å². The fraction of sp³-hybridized carbons (Fsp3) is 0.962. The van der Waals surface area contributed by atoms with Gasteiger partial charge < -0.3 is 66.2 Å². The van der Waals surface area contributed by atoms with Gasteiger partial charge in [0.15, 0.2) is 18.4 Å². The molecule has 2 aliphatic heterocycles. The SMILES string of the molecule is CCCC[C@H]1O[C@@H](O[C@@H]2C(O)[C@H](CC(=O)[C@@H](O)CCC)CC(N)[C@H]2O[C@H]2OC(CO)[C@@H](O)[C@H](O)C2N)C(O)[C@H]1O. The molecule has 1 saturated carbocycles. The Morgan fingerprint density at radius 2 is 1.50 bits per heavy atom. The van der Waals surface area contributed by atoms with E-state index in [-0.39, 0.29) is 19.3 Å². The van der Waals surface area contributed by atoms with Gasteiger partial charge in [-0.25, -0.2) is 0 Å². The highest BCUT2D eigenvalue weighted by atomic mass is 16.7. The monoisotopic (exact) mass is 580 g/mol. The number of unbranched alkanes of at least 4 members (excludes halogenated alkanes) is 1. The van der Waals surface area contributed by atoms with Gasteiger partial charge in [-0.1, -0.05) is 33.1 Å². The second-order valence-corrected chi connectivity index (χ2v) is 11.3. The second-order valence-electron chi connectivity index (χ2n) is 11.3. The third-order valence-corrected chi connectivity index (χ3v) is 8.21. The number of ketones is 1. The van der Waals surface area contributed by atoms with Crippen LogP contribution < -0.4 is 11.5 Å². The molecule has 14 nitrogen and oxygen atoms in total. The maximum Gasteiger partial charge on any atom is 0.187 e. The smallest absolute Gasteiger partial charge is 0.187 e. The first-order chi connectivity index (χ1) is 18.9. The Hall–Kier alpha value is -0.850. The molecule has 0 radical (unpaired) electrons. The fourth-order valence-corrected chi connectivity index (χ4v) is 5.71. The number of nitrogens with two attached hydrogens (primary N) is 2. The standard InChI is InChI=1S/C26H48N2O12/c1-3-5-7-15-19(33)22(36)26(37-15)40-24-18(32)11(9-14(31)13(30)6-4-2)8-12(27)23(24)39-25-17(28)21(35)20(34)16(10-29)38-25/h11-13,15-26,29-30,32-36H,3-10,27-28H2,1-2H3/t11-,12?,13-,15+,16?,17?,18?,19-,20+,21+,22?,23+,24+,25+,26-/m0/s1. The van der Waals surface area contributed by atoms with Gasteiger partial charge in [-0.05, 0) is 25.2 Å². The van der Waals surface area contributed by atoms with E-state index in [1.165, 1.54) is 0 Å². The van der Waals surface area contributed by atoms with Gasteiger partial charge >= 0.3 is 0 Å². The first-order valence-corrected chi connectivity index (χ1v) is 14.3. The molecule has 234 valence electrons. The van der Waals surface area contributed by atoms with Crippen molar-refractivity contribution in [3.8, 4) is 0 Å². The van der Waals surface area contributed by atoms with Crippen LogP contribution in [0, 0.1) is 5.92 Å². The highest BCUT2D eigenvalue weighted by molar-refractivity contribution is 5.83. The summed E-state index contributed by atoms with van der Waals surface area (Å²) < 4.78 is 23.4. The molecule has 2 saturated heterocycles. The molecule has 0 aromatic rings. The van der Waals surface area contributed by atoms with Crippen LogP contribution in [0.5, 0.6) is 0 Å². The van der Waals surface area contributed by atoms with Crippen molar-refractivity contribution in [3.05, 3.63) is 0 Å². The quantitative estimate of drug-likeness (QED) is 0.105. The number of carbonyl (C=O) groups excluding carboxylic acids is 1. The fourth-order valence-electron chi connectivity index (χ4n) is 5.71. The molecule has 40 heavy (non-hydrogen) atoms. The largest absolute Gasteiger partial charge is 0.394 e. The number of carbonyl (C=O) groups is 1. The lowest BCUT2D eigenvalue weighted by Gasteiger charge is -2.47. The molecule has 0 amide bonds. The highest BCUT2D eigenvalue weighted by Gasteiger charge is 2.52. The summed E-state index contributed by atoms with van der Waals surface area (Å²) in [5, 5.41) is 72.8. The second kappa shape index (κ2) is 15.0. The predicted molar refractivity (Wildman–Crippen MR) is 138 cm³/mol. The van der Waals surface area contributed by atoms with Crippen molar-refractivity contribution in [2.24, 2.45) is 17.4 Å². The Labute approximate surface area is 234 Å². The minimum Gasteiger partial charge on any atom is -0.394 e. The third-order valence-electron chi connectivity index (χ3n) is 8.21. The van der Waals surface area contributed by atoms with Crippen molar-refractivity contribution in [2.45, 2.75) is 144 Å². The molecule has 0 spiro atoms. The molecule has 14 heteroatoms. The summed E-state index contributed by atoms with van der Waals surface area (Å²) in [5.74, 6) is -1.19. The summed E-state index contributed by atoms with van der Waals surface area (Å²) in [7, 11) is 0. The summed E-state index contributed by atoms with van der Waals surface area (Å²) >= 11 is 0. The number of aliphatic hydroxyl groups excluding tert-OH is 7. The van der Waals surface area contributed by atoms with Gasteiger partial charge in [-0.2, -0.15) is 0 Å². The van der Waals surface area contributed by atoms with E-state index in [2.05, 4.69) is 0 Å². The van der Waals surface area contributed by atoms with Crippen LogP contribution in [-0.4, -0.2) is 134 Å². The van der Waals surface area contributed by atoms with E-state index in [1.807, 2.05) is 13.8 Å². The predicted octanol–water partition coefficient (Wildman–Crippen LogP) is -3.01. The van der Waals surface area contributed by atoms with E-state index < -0.39 is 104 Å². The van der Waals surface area contributed by atoms with Crippen molar-refractivity contribution < 1.29 is 59.5 Å². The Balaban J connectivity index is 1.83. The average molecular weight is 581 g/mol. The van der Waals surface area contributed by atoms with E-state index in [0.29, 0.717) is 12.8 Å². The molecule has 0 aromatic heterocycles. The third kappa shape index (κ3) is 7.56. The van der Waals surface area contributed by atoms with E-state index in [4.69, 9.17) is 30.4 Å². The molecule has 15 atom stereocenters. The van der Waals surface area contributed by atoms with Crippen molar-refractivity contribution >= 4 is 5.78 Å². The summed E-state index contributed by atoms with van der Waals surface area (Å²) in [6.07, 6.45) is -12.5. The molecule has 0 aromatic carbocycles. The van der Waals surface area contributed by atoms with Crippen molar-refractivity contribution in [1.82, 2.24) is 0 Å². The Morgan fingerprint density at radius 3 is 2.12 bits per heavy atom. The van der Waals surface area contributed by atoms with Gasteiger partial charge in [0.25, 0.3) is 0 Å². The van der Waals surface area contributed by atoms with Crippen molar-refractivity contribution in [3.63, 3.8) is 0 Å². The number of rotatable bonds is 13. The van der Waals surface area contributed by atoms with Gasteiger partial charge in [0, 0.05) is 12.5 Å². The van der Waals surface area contributed by atoms with Crippen LogP contribution in [0.4, 0.5) is 0 Å². The van der Waals surface area contributed by atoms with Crippen LogP contribution in [-0.2, 0) is 23.7 Å². The zero-order valence-corrected chi connectivity index (χ0v) is 23.1. The van der Waals surface area contributed by atoms with Gasteiger partial charge in [-0.15, -0.1) is 0 Å². The Bertz CT molecular complexity index is 793. The molecular weight excluding hydrogens is 532 g/mol. The number of ether oxygens (including phenoxy) is 4. The van der Waals surface area contributed by atoms with Gasteiger partial charge in [0.1, 0.15) is 48.8 Å². The molecular formula is C26H48N2O12. The van der Waals surface area contributed by atoms with Gasteiger partial charge in [0.05, 0.1) is 24.9 Å². The van der Waals surface area contributed by atoms with Crippen LogP contribution >= 0.6 is 0 Å². The minimum absolute atomic E-state index is 0.0860. The van der Waals surface area contributed by atoms with Gasteiger partial charge in [0.2, 0.25) is 0 Å². The number of hydrogen-bond donors (Lipinski definition) is 9. The Kier molecular flexibility index (Phi) is 12.7. The summed E-state index contributed by atoms with van der Waals surface area (Å²) in [6, 6.07) is -2.12. The maximum atomic E-state index is 12.6. The van der Waals surface area contributed by atoms with E-state index >= 15 is 0 Å². The average Bonchev–Trinajstić information content (AvgIpc) is 3.19. The number of Topliss-reactive ketones (excluding diaryl/α,β-unsaturated/α-hetero) is 1.